The van der Waals surface area contributed by atoms with E-state index in [0.29, 0.717) is 18.0 Å². The first-order valence-electron chi connectivity index (χ1n) is 4.84. The smallest absolute Gasteiger partial charge is 0.238 e. The molecule has 1 heterocycles. The minimum atomic E-state index is -0.546. The molecule has 0 aliphatic carbocycles. The van der Waals surface area contributed by atoms with Crippen molar-refractivity contribution in [3.05, 3.63) is 46.9 Å². The van der Waals surface area contributed by atoms with Crippen molar-refractivity contribution >= 4 is 11.6 Å². The summed E-state index contributed by atoms with van der Waals surface area (Å²) in [5.74, 6) is 0.0290. The van der Waals surface area contributed by atoms with Crippen molar-refractivity contribution in [1.29, 1.82) is 0 Å². The highest BCUT2D eigenvalue weighted by atomic mass is 35.5. The summed E-state index contributed by atoms with van der Waals surface area (Å²) >= 11 is 5.55. The monoisotopic (exact) mass is 253 g/mol. The minimum Gasteiger partial charge on any atom is -0.437 e. The quantitative estimate of drug-likeness (QED) is 0.913. The third-order valence-corrected chi connectivity index (χ3v) is 2.32. The second kappa shape index (κ2) is 5.07. The van der Waals surface area contributed by atoms with E-state index in [1.54, 1.807) is 18.2 Å². The van der Waals surface area contributed by atoms with Crippen LogP contribution in [0.3, 0.4) is 0 Å². The van der Waals surface area contributed by atoms with Crippen LogP contribution in [0.25, 0.3) is 0 Å². The van der Waals surface area contributed by atoms with Gasteiger partial charge in [-0.3, -0.25) is 0 Å². The maximum Gasteiger partial charge on any atom is 0.238 e. The van der Waals surface area contributed by atoms with Gasteiger partial charge in [0.25, 0.3) is 0 Å². The van der Waals surface area contributed by atoms with Crippen LogP contribution in [0, 0.1) is 5.82 Å². The maximum absolute atomic E-state index is 13.1. The molecule has 0 spiro atoms. The highest BCUT2D eigenvalue weighted by Gasteiger charge is 2.04. The van der Waals surface area contributed by atoms with Gasteiger partial charge in [0, 0.05) is 18.7 Å². The second-order valence-electron chi connectivity index (χ2n) is 3.25. The first-order chi connectivity index (χ1) is 8.19. The van der Waals surface area contributed by atoms with E-state index in [-0.39, 0.29) is 10.9 Å². The molecule has 0 radical (unpaired) electrons. The lowest BCUT2D eigenvalue weighted by Gasteiger charge is -2.04. The predicted octanol–water partition coefficient (Wildman–Crippen LogP) is 2.52. The summed E-state index contributed by atoms with van der Waals surface area (Å²) in [6, 6.07) is 7.44. The molecule has 0 fully saturated rings. The highest BCUT2D eigenvalue weighted by Crippen LogP contribution is 2.23. The SMILES string of the molecule is NCc1ccc(Oc2ccc(Cl)c(F)c2)nn1. The second-order valence-corrected chi connectivity index (χ2v) is 3.65. The number of rotatable bonds is 3. The van der Waals surface area contributed by atoms with Gasteiger partial charge in [-0.1, -0.05) is 11.6 Å². The first-order valence-corrected chi connectivity index (χ1v) is 5.22. The van der Waals surface area contributed by atoms with E-state index in [1.807, 2.05) is 0 Å². The van der Waals surface area contributed by atoms with E-state index in [4.69, 9.17) is 22.1 Å². The zero-order chi connectivity index (χ0) is 12.3. The number of aromatic nitrogens is 2. The lowest BCUT2D eigenvalue weighted by molar-refractivity contribution is 0.449. The Balaban J connectivity index is 2.16. The molecule has 2 aromatic rings. The fourth-order valence-electron chi connectivity index (χ4n) is 1.17. The van der Waals surface area contributed by atoms with Crippen molar-refractivity contribution in [2.24, 2.45) is 5.73 Å². The third-order valence-electron chi connectivity index (χ3n) is 2.02. The lowest BCUT2D eigenvalue weighted by Crippen LogP contribution is -2.01. The Bertz CT molecular complexity index is 519. The van der Waals surface area contributed by atoms with Gasteiger partial charge >= 0.3 is 0 Å². The zero-order valence-electron chi connectivity index (χ0n) is 8.73. The number of halogens is 2. The van der Waals surface area contributed by atoms with Crippen LogP contribution >= 0.6 is 11.6 Å². The van der Waals surface area contributed by atoms with Crippen LogP contribution in [-0.4, -0.2) is 10.2 Å². The maximum atomic E-state index is 13.1. The Kier molecular flexibility index (Phi) is 3.51. The lowest BCUT2D eigenvalue weighted by atomic mass is 10.3. The van der Waals surface area contributed by atoms with Gasteiger partial charge < -0.3 is 10.5 Å². The van der Waals surface area contributed by atoms with Crippen LogP contribution in [-0.2, 0) is 6.54 Å². The van der Waals surface area contributed by atoms with Crippen molar-refractivity contribution < 1.29 is 9.13 Å². The van der Waals surface area contributed by atoms with Crippen molar-refractivity contribution in [3.63, 3.8) is 0 Å². The summed E-state index contributed by atoms with van der Waals surface area (Å²) in [5, 5.41) is 7.65. The standard InChI is InChI=1S/C11H9ClFN3O/c12-9-3-2-8(5-10(9)13)17-11-4-1-7(6-14)15-16-11/h1-5H,6,14H2. The molecule has 88 valence electrons. The fraction of sp³-hybridized carbons (Fsp3) is 0.0909. The average Bonchev–Trinajstić information content (AvgIpc) is 2.35. The Morgan fingerprint density at radius 3 is 2.65 bits per heavy atom. The van der Waals surface area contributed by atoms with Gasteiger partial charge in [0.05, 0.1) is 10.7 Å². The fourth-order valence-corrected chi connectivity index (χ4v) is 1.29. The Labute approximate surface area is 102 Å². The van der Waals surface area contributed by atoms with Gasteiger partial charge in [0.1, 0.15) is 11.6 Å². The van der Waals surface area contributed by atoms with Gasteiger partial charge in [-0.25, -0.2) is 4.39 Å². The van der Waals surface area contributed by atoms with Crippen molar-refractivity contribution in [3.8, 4) is 11.6 Å². The summed E-state index contributed by atoms with van der Waals surface area (Å²) in [6.45, 7) is 0.308. The zero-order valence-corrected chi connectivity index (χ0v) is 9.49. The molecular formula is C11H9ClFN3O. The number of ether oxygens (including phenoxy) is 1. The van der Waals surface area contributed by atoms with Gasteiger partial charge in [-0.05, 0) is 18.2 Å². The molecule has 17 heavy (non-hydrogen) atoms. The van der Waals surface area contributed by atoms with E-state index in [9.17, 15) is 4.39 Å². The minimum absolute atomic E-state index is 0.0434. The molecule has 4 nitrogen and oxygen atoms in total. The Hall–Kier alpha value is -1.72. The highest BCUT2D eigenvalue weighted by molar-refractivity contribution is 6.30. The molecule has 0 amide bonds. The number of nitrogens with zero attached hydrogens (tertiary/aromatic N) is 2. The Morgan fingerprint density at radius 1 is 1.24 bits per heavy atom. The summed E-state index contributed by atoms with van der Waals surface area (Å²) in [7, 11) is 0. The third kappa shape index (κ3) is 2.89. The number of hydrogen-bond acceptors (Lipinski definition) is 4. The van der Waals surface area contributed by atoms with Gasteiger partial charge in [0.15, 0.2) is 0 Å². The van der Waals surface area contributed by atoms with Crippen molar-refractivity contribution in [2.45, 2.75) is 6.54 Å². The van der Waals surface area contributed by atoms with Crippen LogP contribution in [0.5, 0.6) is 11.6 Å². The van der Waals surface area contributed by atoms with E-state index < -0.39 is 5.82 Å². The van der Waals surface area contributed by atoms with Crippen LogP contribution in [0.4, 0.5) is 4.39 Å². The molecule has 2 rings (SSSR count). The molecule has 0 atom stereocenters. The molecule has 0 bridgehead atoms. The van der Waals surface area contributed by atoms with Crippen molar-refractivity contribution in [1.82, 2.24) is 10.2 Å². The van der Waals surface area contributed by atoms with Crippen molar-refractivity contribution in [2.75, 3.05) is 0 Å². The largest absolute Gasteiger partial charge is 0.437 e. The molecule has 6 heteroatoms. The van der Waals surface area contributed by atoms with E-state index >= 15 is 0 Å². The van der Waals surface area contributed by atoms with E-state index in [2.05, 4.69) is 10.2 Å². The topological polar surface area (TPSA) is 61.0 Å². The number of nitrogens with two attached hydrogens (primary N) is 1. The van der Waals surface area contributed by atoms with Crippen LogP contribution in [0.15, 0.2) is 30.3 Å². The normalized spacial score (nSPS) is 10.3. The predicted molar refractivity (Wildman–Crippen MR) is 61.4 cm³/mol. The van der Waals surface area contributed by atoms with Gasteiger partial charge in [0.2, 0.25) is 5.88 Å². The summed E-state index contributed by atoms with van der Waals surface area (Å²) in [4.78, 5) is 0. The first kappa shape index (κ1) is 11.8. The molecule has 0 aliphatic rings. The summed E-state index contributed by atoms with van der Waals surface area (Å²) in [6.07, 6.45) is 0. The van der Waals surface area contributed by atoms with E-state index in [0.717, 1.165) is 0 Å². The Morgan fingerprint density at radius 2 is 2.06 bits per heavy atom. The molecule has 0 unspecified atom stereocenters. The van der Waals surface area contributed by atoms with Gasteiger partial charge in [-0.15, -0.1) is 5.10 Å². The van der Waals surface area contributed by atoms with Crippen LogP contribution in [0.1, 0.15) is 5.69 Å². The van der Waals surface area contributed by atoms with Crippen LogP contribution in [0.2, 0.25) is 5.02 Å². The van der Waals surface area contributed by atoms with E-state index in [1.165, 1.54) is 12.1 Å². The molecule has 0 saturated heterocycles. The van der Waals surface area contributed by atoms with Crippen LogP contribution < -0.4 is 10.5 Å². The molecule has 0 aliphatic heterocycles. The molecule has 1 aromatic carbocycles. The summed E-state index contributed by atoms with van der Waals surface area (Å²) in [5.41, 5.74) is 6.03. The number of benzene rings is 1. The molecule has 2 N–H and O–H groups in total. The average molecular weight is 254 g/mol. The molecule has 1 aromatic heterocycles. The number of hydrogen-bond donors (Lipinski definition) is 1. The van der Waals surface area contributed by atoms with Gasteiger partial charge in [-0.2, -0.15) is 5.10 Å². The summed E-state index contributed by atoms with van der Waals surface area (Å²) < 4.78 is 18.4. The molecular weight excluding hydrogens is 245 g/mol. The molecule has 0 saturated carbocycles.